The van der Waals surface area contributed by atoms with Gasteiger partial charge in [-0.3, -0.25) is 4.79 Å². The fourth-order valence-corrected chi connectivity index (χ4v) is 3.96. The van der Waals surface area contributed by atoms with E-state index in [0.717, 1.165) is 34.4 Å². The van der Waals surface area contributed by atoms with Crippen molar-refractivity contribution >= 4 is 46.1 Å². The quantitative estimate of drug-likeness (QED) is 0.881. The Labute approximate surface area is 144 Å². The van der Waals surface area contributed by atoms with Gasteiger partial charge in [0.2, 0.25) is 5.91 Å². The van der Waals surface area contributed by atoms with Crippen LogP contribution < -0.4 is 10.6 Å². The lowest BCUT2D eigenvalue weighted by molar-refractivity contribution is -0.121. The fourth-order valence-electron chi connectivity index (χ4n) is 2.30. The lowest BCUT2D eigenvalue weighted by Crippen LogP contribution is -2.48. The summed E-state index contributed by atoms with van der Waals surface area (Å²) in [6, 6.07) is 0. The summed E-state index contributed by atoms with van der Waals surface area (Å²) in [6.07, 6.45) is 0. The van der Waals surface area contributed by atoms with E-state index in [-0.39, 0.29) is 24.2 Å². The van der Waals surface area contributed by atoms with Crippen LogP contribution in [0.4, 0.5) is 5.13 Å². The fraction of sp³-hybridized carbons (Fsp3) is 0.500. The average Bonchev–Trinajstić information content (AvgIpc) is 2.93. The molecule has 0 spiro atoms. The molecule has 22 heavy (non-hydrogen) atoms. The molecule has 2 N–H and O–H groups in total. The minimum Gasteiger partial charge on any atom is -0.316 e. The molecule has 0 aliphatic carbocycles. The Kier molecular flexibility index (Phi) is 5.55. The first-order valence-electron chi connectivity index (χ1n) is 6.96. The van der Waals surface area contributed by atoms with E-state index in [1.807, 2.05) is 26.2 Å². The van der Waals surface area contributed by atoms with Gasteiger partial charge in [-0.1, -0.05) is 6.92 Å². The van der Waals surface area contributed by atoms with Gasteiger partial charge in [0.1, 0.15) is 0 Å². The summed E-state index contributed by atoms with van der Waals surface area (Å²) in [7, 11) is 0. The smallest absolute Gasteiger partial charge is 0.229 e. The van der Waals surface area contributed by atoms with Crippen LogP contribution in [0.5, 0.6) is 0 Å². The third-order valence-electron chi connectivity index (χ3n) is 3.80. The summed E-state index contributed by atoms with van der Waals surface area (Å²) in [5.41, 5.74) is 1.89. The third kappa shape index (κ3) is 3.48. The van der Waals surface area contributed by atoms with E-state index in [2.05, 4.69) is 20.6 Å². The van der Waals surface area contributed by atoms with Crippen molar-refractivity contribution in [3.63, 3.8) is 0 Å². The standard InChI is InChI=1S/C14H18N4OS2.ClH/c1-7(10-4-15-5-10)13(19)18-14-17-11(6-20-14)12-8(2)16-9(3)21-12;/h6-7,10,15H,4-5H2,1-3H3,(H,17,18,19);1H. The second kappa shape index (κ2) is 7.04. The number of hydrogen-bond acceptors (Lipinski definition) is 6. The summed E-state index contributed by atoms with van der Waals surface area (Å²) < 4.78 is 0. The van der Waals surface area contributed by atoms with Gasteiger partial charge >= 0.3 is 0 Å². The van der Waals surface area contributed by atoms with Crippen LogP contribution in [0.15, 0.2) is 5.38 Å². The monoisotopic (exact) mass is 358 g/mol. The van der Waals surface area contributed by atoms with Gasteiger partial charge in [-0.2, -0.15) is 0 Å². The minimum absolute atomic E-state index is 0. The van der Waals surface area contributed by atoms with Crippen LogP contribution in [0, 0.1) is 25.7 Å². The molecule has 1 amide bonds. The molecule has 8 heteroatoms. The van der Waals surface area contributed by atoms with Crippen LogP contribution in [0.1, 0.15) is 17.6 Å². The van der Waals surface area contributed by atoms with E-state index in [1.165, 1.54) is 11.3 Å². The van der Waals surface area contributed by atoms with Crippen LogP contribution in [0.2, 0.25) is 0 Å². The molecule has 1 unspecified atom stereocenters. The largest absolute Gasteiger partial charge is 0.316 e. The van der Waals surface area contributed by atoms with Crippen LogP contribution in [-0.2, 0) is 4.79 Å². The Bertz CT molecular complexity index is 666. The molecule has 0 bridgehead atoms. The Morgan fingerprint density at radius 1 is 1.41 bits per heavy atom. The highest BCUT2D eigenvalue weighted by Crippen LogP contribution is 2.32. The molecule has 0 aromatic carbocycles. The molecule has 1 aliphatic rings. The molecule has 1 saturated heterocycles. The molecule has 1 fully saturated rings. The molecule has 3 rings (SSSR count). The van der Waals surface area contributed by atoms with E-state index in [1.54, 1.807) is 11.3 Å². The zero-order chi connectivity index (χ0) is 15.0. The average molecular weight is 359 g/mol. The van der Waals surface area contributed by atoms with E-state index >= 15 is 0 Å². The van der Waals surface area contributed by atoms with Crippen LogP contribution >= 0.6 is 35.1 Å². The second-order valence-corrected chi connectivity index (χ2v) is 7.44. The first-order chi connectivity index (χ1) is 10.0. The van der Waals surface area contributed by atoms with Gasteiger partial charge in [0, 0.05) is 11.3 Å². The topological polar surface area (TPSA) is 66.9 Å². The summed E-state index contributed by atoms with van der Waals surface area (Å²) in [5, 5.41) is 9.81. The zero-order valence-electron chi connectivity index (χ0n) is 12.7. The zero-order valence-corrected chi connectivity index (χ0v) is 15.1. The van der Waals surface area contributed by atoms with Gasteiger partial charge in [0.05, 0.1) is 21.3 Å². The molecule has 2 aromatic heterocycles. The Morgan fingerprint density at radius 2 is 2.14 bits per heavy atom. The summed E-state index contributed by atoms with van der Waals surface area (Å²) >= 11 is 3.10. The van der Waals surface area contributed by atoms with Crippen molar-refractivity contribution in [1.29, 1.82) is 0 Å². The normalized spacial score (nSPS) is 15.8. The van der Waals surface area contributed by atoms with Crippen LogP contribution in [0.3, 0.4) is 0 Å². The lowest BCUT2D eigenvalue weighted by Gasteiger charge is -2.31. The van der Waals surface area contributed by atoms with Crippen molar-refractivity contribution in [3.8, 4) is 10.6 Å². The highest BCUT2D eigenvalue weighted by molar-refractivity contribution is 7.16. The molecule has 0 radical (unpaired) electrons. The van der Waals surface area contributed by atoms with Crippen molar-refractivity contribution in [2.24, 2.45) is 11.8 Å². The number of aryl methyl sites for hydroxylation is 2. The minimum atomic E-state index is 0. The SMILES string of the molecule is Cc1nc(C)c(-c2csc(NC(=O)C(C)C3CNC3)n2)s1.Cl. The van der Waals surface area contributed by atoms with E-state index < -0.39 is 0 Å². The number of carbonyl (C=O) groups excluding carboxylic acids is 1. The number of amides is 1. The number of thiazole rings is 2. The van der Waals surface area contributed by atoms with Crippen molar-refractivity contribution in [2.75, 3.05) is 18.4 Å². The number of aromatic nitrogens is 2. The molecule has 2 aromatic rings. The molecular weight excluding hydrogens is 340 g/mol. The first-order valence-corrected chi connectivity index (χ1v) is 8.65. The van der Waals surface area contributed by atoms with E-state index in [9.17, 15) is 4.79 Å². The third-order valence-corrected chi connectivity index (χ3v) is 5.66. The first kappa shape index (κ1) is 17.3. The van der Waals surface area contributed by atoms with Gasteiger partial charge in [0.25, 0.3) is 0 Å². The van der Waals surface area contributed by atoms with Crippen LogP contribution in [0.25, 0.3) is 10.6 Å². The number of rotatable bonds is 4. The van der Waals surface area contributed by atoms with Gasteiger partial charge in [0.15, 0.2) is 5.13 Å². The summed E-state index contributed by atoms with van der Waals surface area (Å²) in [4.78, 5) is 22.2. The number of halogens is 1. The number of anilines is 1. The summed E-state index contributed by atoms with van der Waals surface area (Å²) in [5.74, 6) is 0.515. The number of carbonyl (C=O) groups is 1. The van der Waals surface area contributed by atoms with Gasteiger partial charge in [-0.05, 0) is 32.9 Å². The molecule has 5 nitrogen and oxygen atoms in total. The Balaban J connectivity index is 0.00000176. The van der Waals surface area contributed by atoms with Crippen molar-refractivity contribution in [3.05, 3.63) is 16.1 Å². The van der Waals surface area contributed by atoms with Gasteiger partial charge in [-0.15, -0.1) is 35.1 Å². The van der Waals surface area contributed by atoms with Crippen molar-refractivity contribution in [2.45, 2.75) is 20.8 Å². The maximum absolute atomic E-state index is 12.2. The molecular formula is C14H19ClN4OS2. The predicted molar refractivity (Wildman–Crippen MR) is 94.1 cm³/mol. The Morgan fingerprint density at radius 3 is 2.68 bits per heavy atom. The van der Waals surface area contributed by atoms with Crippen molar-refractivity contribution in [1.82, 2.24) is 15.3 Å². The molecule has 0 saturated carbocycles. The van der Waals surface area contributed by atoms with Crippen molar-refractivity contribution < 1.29 is 4.79 Å². The maximum atomic E-state index is 12.2. The highest BCUT2D eigenvalue weighted by atomic mass is 35.5. The molecule has 3 heterocycles. The predicted octanol–water partition coefficient (Wildman–Crippen LogP) is 3.10. The maximum Gasteiger partial charge on any atom is 0.229 e. The van der Waals surface area contributed by atoms with Gasteiger partial charge < -0.3 is 10.6 Å². The molecule has 1 atom stereocenters. The van der Waals surface area contributed by atoms with Crippen LogP contribution in [-0.4, -0.2) is 29.0 Å². The number of hydrogen-bond donors (Lipinski definition) is 2. The Hall–Kier alpha value is -1.02. The second-order valence-electron chi connectivity index (χ2n) is 5.38. The number of nitrogens with zero attached hydrogens (tertiary/aromatic N) is 2. The van der Waals surface area contributed by atoms with E-state index in [4.69, 9.17) is 0 Å². The number of nitrogens with one attached hydrogen (secondary N) is 2. The lowest BCUT2D eigenvalue weighted by atomic mass is 9.88. The summed E-state index contributed by atoms with van der Waals surface area (Å²) in [6.45, 7) is 7.81. The highest BCUT2D eigenvalue weighted by Gasteiger charge is 2.29. The molecule has 120 valence electrons. The van der Waals surface area contributed by atoms with Gasteiger partial charge in [-0.25, -0.2) is 9.97 Å². The van der Waals surface area contributed by atoms with E-state index in [0.29, 0.717) is 11.0 Å². The molecule has 1 aliphatic heterocycles.